The van der Waals surface area contributed by atoms with E-state index in [0.717, 1.165) is 33.1 Å². The van der Waals surface area contributed by atoms with Gasteiger partial charge in [-0.15, -0.1) is 11.8 Å². The van der Waals surface area contributed by atoms with Gasteiger partial charge in [0.05, 0.1) is 6.61 Å². The fourth-order valence-corrected chi connectivity index (χ4v) is 3.74. The largest absolute Gasteiger partial charge is 0.493 e. The maximum Gasteiger partial charge on any atom is 0.341 e. The maximum atomic E-state index is 10.6. The molecule has 0 aliphatic carbocycles. The molecular weight excluding hydrogens is 396 g/mol. The van der Waals surface area contributed by atoms with E-state index in [9.17, 15) is 4.79 Å². The summed E-state index contributed by atoms with van der Waals surface area (Å²) in [6.07, 6.45) is 2.21. The Morgan fingerprint density at radius 2 is 1.63 bits per heavy atom. The third-order valence-corrected chi connectivity index (χ3v) is 5.22. The zero-order valence-electron chi connectivity index (χ0n) is 16.8. The van der Waals surface area contributed by atoms with E-state index in [1.165, 1.54) is 0 Å². The minimum atomic E-state index is -0.987. The molecule has 0 bridgehead atoms. The van der Waals surface area contributed by atoms with E-state index in [-0.39, 0.29) is 6.61 Å². The zero-order valence-corrected chi connectivity index (χ0v) is 17.6. The zero-order chi connectivity index (χ0) is 21.2. The number of ether oxygens (including phenoxy) is 2. The molecule has 5 heteroatoms. The van der Waals surface area contributed by atoms with E-state index in [1.54, 1.807) is 23.9 Å². The van der Waals surface area contributed by atoms with Crippen molar-refractivity contribution in [3.05, 3.63) is 96.1 Å². The molecule has 0 aliphatic heterocycles. The van der Waals surface area contributed by atoms with Gasteiger partial charge >= 0.3 is 5.97 Å². The Morgan fingerprint density at radius 1 is 0.933 bits per heavy atom. The normalized spacial score (nSPS) is 11.2. The number of hydrogen-bond donors (Lipinski definition) is 1. The standard InChI is InChI=1S/C25H24O4S/c1-2-28-24-11-7-6-10-23(24)22(19-8-4-3-5-9-19)16-17-30-21-14-12-20(13-15-21)29-18-25(26)27/h3-16H,2,17-18H2,1H3,(H,26,27). The Labute approximate surface area is 181 Å². The number of rotatable bonds is 10. The molecule has 0 saturated heterocycles. The van der Waals surface area contributed by atoms with Crippen LogP contribution in [0.15, 0.2) is 89.8 Å². The molecule has 0 saturated carbocycles. The van der Waals surface area contributed by atoms with Gasteiger partial charge in [0.1, 0.15) is 11.5 Å². The predicted octanol–water partition coefficient (Wildman–Crippen LogP) is 5.77. The Kier molecular flexibility index (Phi) is 7.98. The smallest absolute Gasteiger partial charge is 0.341 e. The fourth-order valence-electron chi connectivity index (χ4n) is 2.97. The van der Waals surface area contributed by atoms with Gasteiger partial charge in [0, 0.05) is 16.2 Å². The molecule has 0 spiro atoms. The molecular formula is C25H24O4S. The van der Waals surface area contributed by atoms with Gasteiger partial charge in [-0.05, 0) is 48.4 Å². The lowest BCUT2D eigenvalue weighted by Gasteiger charge is -2.14. The minimum absolute atomic E-state index is 0.338. The number of hydrogen-bond acceptors (Lipinski definition) is 4. The summed E-state index contributed by atoms with van der Waals surface area (Å²) in [4.78, 5) is 11.7. The molecule has 1 N–H and O–H groups in total. The third-order valence-electron chi connectivity index (χ3n) is 4.29. The molecule has 3 aromatic rings. The van der Waals surface area contributed by atoms with Crippen LogP contribution in [0.1, 0.15) is 18.1 Å². The van der Waals surface area contributed by atoms with Gasteiger partial charge < -0.3 is 14.6 Å². The lowest BCUT2D eigenvalue weighted by atomic mass is 9.97. The molecule has 0 radical (unpaired) electrons. The van der Waals surface area contributed by atoms with Crippen molar-refractivity contribution >= 4 is 23.3 Å². The summed E-state index contributed by atoms with van der Waals surface area (Å²) in [5, 5.41) is 8.69. The lowest BCUT2D eigenvalue weighted by Crippen LogP contribution is -2.09. The van der Waals surface area contributed by atoms with E-state index in [4.69, 9.17) is 14.6 Å². The molecule has 0 fully saturated rings. The maximum absolute atomic E-state index is 10.6. The second-order valence-corrected chi connectivity index (χ2v) is 7.47. The average molecular weight is 421 g/mol. The molecule has 0 aromatic heterocycles. The first-order valence-corrected chi connectivity index (χ1v) is 10.7. The van der Waals surface area contributed by atoms with Crippen LogP contribution < -0.4 is 9.47 Å². The second kappa shape index (κ2) is 11.1. The Balaban J connectivity index is 1.77. The Morgan fingerprint density at radius 3 is 2.33 bits per heavy atom. The highest BCUT2D eigenvalue weighted by atomic mass is 32.2. The van der Waals surface area contributed by atoms with Gasteiger partial charge in [-0.1, -0.05) is 54.6 Å². The van der Waals surface area contributed by atoms with E-state index in [1.807, 2.05) is 55.5 Å². The number of para-hydroxylation sites is 1. The van der Waals surface area contributed by atoms with E-state index in [2.05, 4.69) is 24.3 Å². The summed E-state index contributed by atoms with van der Waals surface area (Å²) in [7, 11) is 0. The molecule has 0 aliphatic rings. The van der Waals surface area contributed by atoms with Gasteiger partial charge in [-0.3, -0.25) is 0 Å². The number of benzene rings is 3. The van der Waals surface area contributed by atoms with Crippen molar-refractivity contribution in [1.82, 2.24) is 0 Å². The molecule has 3 rings (SSSR count). The molecule has 0 atom stereocenters. The Hall–Kier alpha value is -3.18. The SMILES string of the molecule is CCOc1ccccc1C(=CCSc1ccc(OCC(=O)O)cc1)c1ccccc1. The predicted molar refractivity (Wildman–Crippen MR) is 121 cm³/mol. The quantitative estimate of drug-likeness (QED) is 0.422. The molecule has 0 unspecified atom stereocenters. The van der Waals surface area contributed by atoms with Gasteiger partial charge in [0.2, 0.25) is 0 Å². The van der Waals surface area contributed by atoms with E-state index in [0.29, 0.717) is 12.4 Å². The van der Waals surface area contributed by atoms with Crippen LogP contribution in [-0.4, -0.2) is 30.0 Å². The minimum Gasteiger partial charge on any atom is -0.493 e. The van der Waals surface area contributed by atoms with Crippen molar-refractivity contribution in [3.63, 3.8) is 0 Å². The highest BCUT2D eigenvalue weighted by molar-refractivity contribution is 7.99. The van der Waals surface area contributed by atoms with Crippen LogP contribution >= 0.6 is 11.8 Å². The number of aliphatic carboxylic acids is 1. The van der Waals surface area contributed by atoms with Crippen LogP contribution in [0.25, 0.3) is 5.57 Å². The van der Waals surface area contributed by atoms with Crippen molar-refractivity contribution in [3.8, 4) is 11.5 Å². The van der Waals surface area contributed by atoms with Gasteiger partial charge in [0.15, 0.2) is 6.61 Å². The molecule has 30 heavy (non-hydrogen) atoms. The van der Waals surface area contributed by atoms with Crippen LogP contribution in [0.2, 0.25) is 0 Å². The number of carboxylic acid groups (broad SMARTS) is 1. The Bertz CT molecular complexity index is 982. The summed E-state index contributed by atoms with van der Waals surface area (Å²) in [5.74, 6) is 1.22. The van der Waals surface area contributed by atoms with Crippen LogP contribution in [-0.2, 0) is 4.79 Å². The van der Waals surface area contributed by atoms with Crippen molar-refractivity contribution in [2.75, 3.05) is 19.0 Å². The first kappa shape index (κ1) is 21.5. The summed E-state index contributed by atoms with van der Waals surface area (Å²) in [6, 6.07) is 25.8. The van der Waals surface area contributed by atoms with Gasteiger partial charge in [-0.2, -0.15) is 0 Å². The van der Waals surface area contributed by atoms with Crippen LogP contribution in [0.3, 0.4) is 0 Å². The molecule has 0 amide bonds. The lowest BCUT2D eigenvalue weighted by molar-refractivity contribution is -0.139. The summed E-state index contributed by atoms with van der Waals surface area (Å²) < 4.78 is 11.0. The fraction of sp³-hybridized carbons (Fsp3) is 0.160. The third kappa shape index (κ3) is 6.16. The van der Waals surface area contributed by atoms with Crippen molar-refractivity contribution < 1.29 is 19.4 Å². The monoisotopic (exact) mass is 420 g/mol. The molecule has 3 aromatic carbocycles. The van der Waals surface area contributed by atoms with Crippen molar-refractivity contribution in [2.45, 2.75) is 11.8 Å². The number of carbonyl (C=O) groups is 1. The summed E-state index contributed by atoms with van der Waals surface area (Å²) >= 11 is 1.70. The molecule has 0 heterocycles. The first-order valence-electron chi connectivity index (χ1n) is 9.72. The summed E-state index contributed by atoms with van der Waals surface area (Å²) in [6.45, 7) is 2.27. The average Bonchev–Trinajstić information content (AvgIpc) is 2.77. The summed E-state index contributed by atoms with van der Waals surface area (Å²) in [5.41, 5.74) is 3.35. The van der Waals surface area contributed by atoms with Gasteiger partial charge in [-0.25, -0.2) is 4.79 Å². The molecule has 4 nitrogen and oxygen atoms in total. The van der Waals surface area contributed by atoms with Crippen LogP contribution in [0.5, 0.6) is 11.5 Å². The van der Waals surface area contributed by atoms with Gasteiger partial charge in [0.25, 0.3) is 0 Å². The highest BCUT2D eigenvalue weighted by Gasteiger charge is 2.10. The van der Waals surface area contributed by atoms with Crippen molar-refractivity contribution in [2.24, 2.45) is 0 Å². The highest BCUT2D eigenvalue weighted by Crippen LogP contribution is 2.32. The van der Waals surface area contributed by atoms with Crippen LogP contribution in [0.4, 0.5) is 0 Å². The van der Waals surface area contributed by atoms with E-state index < -0.39 is 5.97 Å². The van der Waals surface area contributed by atoms with E-state index >= 15 is 0 Å². The van der Waals surface area contributed by atoms with Crippen LogP contribution in [0, 0.1) is 0 Å². The topological polar surface area (TPSA) is 55.8 Å². The first-order chi connectivity index (χ1) is 14.7. The van der Waals surface area contributed by atoms with Crippen molar-refractivity contribution in [1.29, 1.82) is 0 Å². The number of thioether (sulfide) groups is 1. The number of carboxylic acids is 1. The second-order valence-electron chi connectivity index (χ2n) is 6.38. The molecule has 154 valence electrons.